The second kappa shape index (κ2) is 12.6. The molecule has 1 amide bonds. The minimum absolute atomic E-state index is 0.0131. The van der Waals surface area contributed by atoms with Crippen molar-refractivity contribution in [2.24, 2.45) is 0 Å². The third-order valence-corrected chi connectivity index (χ3v) is 7.77. The minimum Gasteiger partial charge on any atom is -0.389 e. The van der Waals surface area contributed by atoms with Crippen molar-refractivity contribution in [1.29, 1.82) is 0 Å². The van der Waals surface area contributed by atoms with Gasteiger partial charge in [-0.15, -0.1) is 0 Å². The van der Waals surface area contributed by atoms with Gasteiger partial charge in [-0.1, -0.05) is 30.3 Å². The van der Waals surface area contributed by atoms with Crippen LogP contribution >= 0.6 is 0 Å². The lowest BCUT2D eigenvalue weighted by molar-refractivity contribution is -0.158. The van der Waals surface area contributed by atoms with E-state index in [1.54, 1.807) is 0 Å². The summed E-state index contributed by atoms with van der Waals surface area (Å²) in [5.41, 5.74) is 1.52. The number of halogens is 2. The van der Waals surface area contributed by atoms with Crippen molar-refractivity contribution in [3.63, 3.8) is 0 Å². The Bertz CT molecular complexity index is 1080. The Morgan fingerprint density at radius 3 is 2.71 bits per heavy atom. The summed E-state index contributed by atoms with van der Waals surface area (Å²) >= 11 is 0. The van der Waals surface area contributed by atoms with Crippen LogP contribution in [0.2, 0.25) is 0 Å². The number of carbonyl (C=O) groups excluding carboxylic acids is 1. The Labute approximate surface area is 222 Å². The molecule has 0 aliphatic carbocycles. The van der Waals surface area contributed by atoms with Gasteiger partial charge in [-0.3, -0.25) is 14.6 Å². The molecule has 0 saturated carbocycles. The zero-order valence-electron chi connectivity index (χ0n) is 21.6. The number of benzene rings is 2. The molecule has 38 heavy (non-hydrogen) atoms. The molecule has 3 aliphatic heterocycles. The van der Waals surface area contributed by atoms with Gasteiger partial charge in [-0.2, -0.15) is 0 Å². The fraction of sp³-hybridized carbons (Fsp3) is 0.552. The maximum Gasteiger partial charge on any atom is 0.222 e. The molecule has 7 nitrogen and oxygen atoms in total. The summed E-state index contributed by atoms with van der Waals surface area (Å²) in [6.45, 7) is 3.52. The van der Waals surface area contributed by atoms with Gasteiger partial charge in [-0.25, -0.2) is 8.78 Å². The predicted molar refractivity (Wildman–Crippen MR) is 138 cm³/mol. The Balaban J connectivity index is 1.14. The van der Waals surface area contributed by atoms with Crippen molar-refractivity contribution in [2.75, 3.05) is 32.8 Å². The summed E-state index contributed by atoms with van der Waals surface area (Å²) in [7, 11) is 0. The highest BCUT2D eigenvalue weighted by molar-refractivity contribution is 5.76. The molecule has 0 unspecified atom stereocenters. The second-order valence-electron chi connectivity index (χ2n) is 10.8. The molecule has 2 N–H and O–H groups in total. The molecule has 3 heterocycles. The fourth-order valence-corrected chi connectivity index (χ4v) is 5.94. The topological polar surface area (TPSA) is 74.3 Å². The van der Waals surface area contributed by atoms with Crippen molar-refractivity contribution in [3.8, 4) is 0 Å². The molecule has 3 saturated heterocycles. The first-order chi connectivity index (χ1) is 18.4. The summed E-state index contributed by atoms with van der Waals surface area (Å²) in [6.07, 6.45) is 1.29. The van der Waals surface area contributed by atoms with Crippen LogP contribution in [0.4, 0.5) is 8.78 Å². The van der Waals surface area contributed by atoms with Crippen LogP contribution in [0.25, 0.3) is 0 Å². The normalized spacial score (nSPS) is 28.9. The van der Waals surface area contributed by atoms with Crippen molar-refractivity contribution in [3.05, 3.63) is 71.3 Å². The SMILES string of the molecule is O=C(C[C@H]1CC[C@H]2[C@@H](COC[C@@H](O)CN2Cc2cc(F)ccc2F)O1)N[C@@H]1CCN(Cc2ccccc2)C1. The molecular formula is C29H37F2N3O4. The van der Waals surface area contributed by atoms with E-state index in [-0.39, 0.29) is 68.5 Å². The molecule has 9 heteroatoms. The van der Waals surface area contributed by atoms with Gasteiger partial charge in [0.2, 0.25) is 5.91 Å². The van der Waals surface area contributed by atoms with Gasteiger partial charge in [0.05, 0.1) is 37.9 Å². The van der Waals surface area contributed by atoms with E-state index in [9.17, 15) is 18.7 Å². The Hall–Kier alpha value is -2.43. The summed E-state index contributed by atoms with van der Waals surface area (Å²) in [4.78, 5) is 17.2. The molecule has 0 aromatic heterocycles. The lowest BCUT2D eigenvalue weighted by Gasteiger charge is -2.44. The third kappa shape index (κ3) is 7.15. The molecule has 3 fully saturated rings. The first kappa shape index (κ1) is 27.1. The van der Waals surface area contributed by atoms with Crippen LogP contribution in [0.3, 0.4) is 0 Å². The molecule has 5 rings (SSSR count). The quantitative estimate of drug-likeness (QED) is 0.575. The van der Waals surface area contributed by atoms with Crippen molar-refractivity contribution < 1.29 is 28.2 Å². The number of nitrogens with one attached hydrogen (secondary N) is 1. The van der Waals surface area contributed by atoms with Gasteiger partial charge in [0.1, 0.15) is 11.6 Å². The highest BCUT2D eigenvalue weighted by Gasteiger charge is 2.38. The number of hydrogen-bond acceptors (Lipinski definition) is 6. The molecular weight excluding hydrogens is 492 g/mol. The summed E-state index contributed by atoms with van der Waals surface area (Å²) in [5.74, 6) is -0.984. The van der Waals surface area contributed by atoms with Gasteiger partial charge >= 0.3 is 0 Å². The highest BCUT2D eigenvalue weighted by atomic mass is 19.1. The lowest BCUT2D eigenvalue weighted by atomic mass is 9.94. The molecule has 0 bridgehead atoms. The number of fused-ring (bicyclic) bond motifs is 1. The van der Waals surface area contributed by atoms with Gasteiger partial charge in [0, 0.05) is 50.4 Å². The maximum absolute atomic E-state index is 14.4. The maximum atomic E-state index is 14.4. The molecule has 206 valence electrons. The van der Waals surface area contributed by atoms with Crippen LogP contribution in [0, 0.1) is 11.6 Å². The zero-order chi connectivity index (χ0) is 26.5. The lowest BCUT2D eigenvalue weighted by Crippen LogP contribution is -2.55. The number of rotatable bonds is 7. The number of likely N-dealkylation sites (tertiary alicyclic amines) is 1. The monoisotopic (exact) mass is 529 g/mol. The zero-order valence-corrected chi connectivity index (χ0v) is 21.6. The Morgan fingerprint density at radius 2 is 1.87 bits per heavy atom. The number of ether oxygens (including phenoxy) is 2. The van der Waals surface area contributed by atoms with Crippen LogP contribution in [-0.2, 0) is 27.4 Å². The van der Waals surface area contributed by atoms with E-state index in [4.69, 9.17) is 9.47 Å². The van der Waals surface area contributed by atoms with Crippen molar-refractivity contribution in [2.45, 2.75) is 69.2 Å². The van der Waals surface area contributed by atoms with Crippen LogP contribution in [0.5, 0.6) is 0 Å². The van der Waals surface area contributed by atoms with Crippen molar-refractivity contribution >= 4 is 5.91 Å². The van der Waals surface area contributed by atoms with Gasteiger partial charge in [0.25, 0.3) is 0 Å². The first-order valence-electron chi connectivity index (χ1n) is 13.6. The van der Waals surface area contributed by atoms with Crippen LogP contribution in [-0.4, -0.2) is 84.1 Å². The number of nitrogens with zero attached hydrogens (tertiary/aromatic N) is 2. The number of aliphatic hydroxyl groups excluding tert-OH is 1. The van der Waals surface area contributed by atoms with Crippen molar-refractivity contribution in [1.82, 2.24) is 15.1 Å². The van der Waals surface area contributed by atoms with Crippen LogP contribution in [0.1, 0.15) is 36.8 Å². The molecule has 2 aromatic rings. The molecule has 3 aliphatic rings. The number of hydrogen-bond donors (Lipinski definition) is 2. The predicted octanol–water partition coefficient (Wildman–Crippen LogP) is 2.85. The van der Waals surface area contributed by atoms with E-state index in [0.29, 0.717) is 12.8 Å². The number of β-amino-alcohol motifs (C(OH)–C–C–N with tert-alkyl or cyclic N) is 1. The molecule has 5 atom stereocenters. The largest absolute Gasteiger partial charge is 0.389 e. The van der Waals surface area contributed by atoms with E-state index in [0.717, 1.165) is 38.2 Å². The van der Waals surface area contributed by atoms with Gasteiger partial charge in [-0.05, 0) is 43.0 Å². The van der Waals surface area contributed by atoms with Crippen LogP contribution in [0.15, 0.2) is 48.5 Å². The minimum atomic E-state index is -0.732. The molecule has 0 spiro atoms. The average molecular weight is 530 g/mol. The van der Waals surface area contributed by atoms with E-state index in [1.807, 2.05) is 23.1 Å². The van der Waals surface area contributed by atoms with E-state index >= 15 is 0 Å². The third-order valence-electron chi connectivity index (χ3n) is 7.77. The number of aliphatic hydroxyl groups is 1. The van der Waals surface area contributed by atoms with E-state index < -0.39 is 17.7 Å². The Kier molecular flexibility index (Phi) is 9.01. The number of carbonyl (C=O) groups is 1. The summed E-state index contributed by atoms with van der Waals surface area (Å²) < 4.78 is 40.2. The smallest absolute Gasteiger partial charge is 0.222 e. The second-order valence-corrected chi connectivity index (χ2v) is 10.8. The van der Waals surface area contributed by atoms with Gasteiger partial charge in [0.15, 0.2) is 0 Å². The standard InChI is InChI=1S/C29H37F2N3O4/c30-22-6-8-26(31)21(12-22)15-34-17-24(35)18-37-19-28-27(34)9-7-25(38-28)13-29(36)32-23-10-11-33(16-23)14-20-4-2-1-3-5-20/h1-6,8,12,23-25,27-28,35H,7,9-11,13-19H2,(H,32,36)/t23-,24+,25-,27+,28-/m1/s1. The summed E-state index contributed by atoms with van der Waals surface area (Å²) in [5, 5.41) is 13.5. The average Bonchev–Trinajstić information content (AvgIpc) is 3.32. The Morgan fingerprint density at radius 1 is 1.03 bits per heavy atom. The highest BCUT2D eigenvalue weighted by Crippen LogP contribution is 2.29. The molecule has 0 radical (unpaired) electrons. The first-order valence-corrected chi connectivity index (χ1v) is 13.6. The van der Waals surface area contributed by atoms with Gasteiger partial charge < -0.3 is 19.9 Å². The van der Waals surface area contributed by atoms with E-state index in [1.165, 1.54) is 11.6 Å². The van der Waals surface area contributed by atoms with E-state index in [2.05, 4.69) is 22.3 Å². The number of amides is 1. The molecule has 2 aromatic carbocycles. The van der Waals surface area contributed by atoms with Crippen LogP contribution < -0.4 is 5.32 Å². The fourth-order valence-electron chi connectivity index (χ4n) is 5.94. The summed E-state index contributed by atoms with van der Waals surface area (Å²) in [6, 6.07) is 13.8.